The number of nitro groups is 1. The lowest BCUT2D eigenvalue weighted by molar-refractivity contribution is -0.386. The van der Waals surface area contributed by atoms with Crippen LogP contribution in [0.1, 0.15) is 13.3 Å². The van der Waals surface area contributed by atoms with Crippen LogP contribution in [0.4, 0.5) is 5.69 Å². The van der Waals surface area contributed by atoms with Gasteiger partial charge < -0.3 is 4.74 Å². The lowest BCUT2D eigenvalue weighted by atomic mass is 10.3. The number of rotatable bonds is 5. The third-order valence-electron chi connectivity index (χ3n) is 1.67. The van der Waals surface area contributed by atoms with E-state index < -0.39 is 4.92 Å². The molecule has 0 spiro atoms. The van der Waals surface area contributed by atoms with Crippen molar-refractivity contribution in [1.82, 2.24) is 9.97 Å². The Hall–Kier alpha value is -1.69. The fourth-order valence-electron chi connectivity index (χ4n) is 0.893. The van der Waals surface area contributed by atoms with Crippen LogP contribution in [0, 0.1) is 10.1 Å². The van der Waals surface area contributed by atoms with E-state index in [1.54, 1.807) is 0 Å². The SMILES string of the molecule is C=C(C)CCOc1nc(Cl)ncc1[N+](=O)[O-]. The Bertz CT molecular complexity index is 422. The van der Waals surface area contributed by atoms with Gasteiger partial charge in [0.2, 0.25) is 5.28 Å². The van der Waals surface area contributed by atoms with E-state index in [0.29, 0.717) is 6.42 Å². The molecule has 1 heterocycles. The molecule has 16 heavy (non-hydrogen) atoms. The van der Waals surface area contributed by atoms with Crippen LogP contribution in [0.25, 0.3) is 0 Å². The van der Waals surface area contributed by atoms with Crippen molar-refractivity contribution in [3.8, 4) is 5.88 Å². The molecule has 0 aliphatic heterocycles. The first kappa shape index (κ1) is 12.4. The first-order chi connectivity index (χ1) is 7.50. The van der Waals surface area contributed by atoms with Crippen molar-refractivity contribution < 1.29 is 9.66 Å². The van der Waals surface area contributed by atoms with E-state index >= 15 is 0 Å². The summed E-state index contributed by atoms with van der Waals surface area (Å²) in [6.07, 6.45) is 1.62. The van der Waals surface area contributed by atoms with Crippen LogP contribution in [0.3, 0.4) is 0 Å². The zero-order valence-corrected chi connectivity index (χ0v) is 9.40. The molecular formula is C9H10ClN3O3. The highest BCUT2D eigenvalue weighted by Crippen LogP contribution is 2.24. The predicted octanol–water partition coefficient (Wildman–Crippen LogP) is 2.38. The summed E-state index contributed by atoms with van der Waals surface area (Å²) in [6.45, 7) is 5.79. The first-order valence-electron chi connectivity index (χ1n) is 4.45. The number of aromatic nitrogens is 2. The fraction of sp³-hybridized carbons (Fsp3) is 0.333. The number of hydrogen-bond donors (Lipinski definition) is 0. The van der Waals surface area contributed by atoms with Crippen LogP contribution in [-0.2, 0) is 0 Å². The lowest BCUT2D eigenvalue weighted by Crippen LogP contribution is -2.03. The molecule has 0 saturated carbocycles. The van der Waals surface area contributed by atoms with Crippen molar-refractivity contribution in [2.75, 3.05) is 6.61 Å². The van der Waals surface area contributed by atoms with E-state index in [4.69, 9.17) is 16.3 Å². The van der Waals surface area contributed by atoms with Crippen molar-refractivity contribution in [3.63, 3.8) is 0 Å². The molecule has 6 nitrogen and oxygen atoms in total. The van der Waals surface area contributed by atoms with E-state index in [-0.39, 0.29) is 23.5 Å². The number of ether oxygens (including phenoxy) is 1. The first-order valence-corrected chi connectivity index (χ1v) is 4.82. The molecule has 1 aromatic heterocycles. The van der Waals surface area contributed by atoms with Crippen LogP contribution >= 0.6 is 11.6 Å². The van der Waals surface area contributed by atoms with Gasteiger partial charge in [-0.05, 0) is 18.5 Å². The largest absolute Gasteiger partial charge is 0.472 e. The van der Waals surface area contributed by atoms with Crippen LogP contribution in [-0.4, -0.2) is 21.5 Å². The smallest absolute Gasteiger partial charge is 0.349 e. The summed E-state index contributed by atoms with van der Waals surface area (Å²) >= 11 is 5.52. The molecule has 0 radical (unpaired) electrons. The second kappa shape index (κ2) is 5.41. The summed E-state index contributed by atoms with van der Waals surface area (Å²) in [5, 5.41) is 10.5. The molecule has 0 unspecified atom stereocenters. The van der Waals surface area contributed by atoms with E-state index in [2.05, 4.69) is 16.5 Å². The van der Waals surface area contributed by atoms with Gasteiger partial charge in [0, 0.05) is 6.42 Å². The van der Waals surface area contributed by atoms with Crippen LogP contribution < -0.4 is 4.74 Å². The van der Waals surface area contributed by atoms with Gasteiger partial charge in [-0.25, -0.2) is 4.98 Å². The fourth-order valence-corrected chi connectivity index (χ4v) is 1.02. The Morgan fingerprint density at radius 3 is 3.00 bits per heavy atom. The molecule has 1 aromatic rings. The lowest BCUT2D eigenvalue weighted by Gasteiger charge is -2.04. The maximum Gasteiger partial charge on any atom is 0.349 e. The standard InChI is InChI=1S/C9H10ClN3O3/c1-6(2)3-4-16-8-7(13(14)15)5-11-9(10)12-8/h5H,1,3-4H2,2H3. The predicted molar refractivity (Wildman–Crippen MR) is 58.6 cm³/mol. The molecule has 86 valence electrons. The summed E-state index contributed by atoms with van der Waals surface area (Å²) in [7, 11) is 0. The third kappa shape index (κ3) is 3.47. The molecule has 7 heteroatoms. The minimum Gasteiger partial charge on any atom is -0.472 e. The zero-order valence-electron chi connectivity index (χ0n) is 8.64. The van der Waals surface area contributed by atoms with Gasteiger partial charge in [0.15, 0.2) is 0 Å². The molecule has 1 rings (SSSR count). The van der Waals surface area contributed by atoms with Gasteiger partial charge in [0.05, 0.1) is 11.5 Å². The highest BCUT2D eigenvalue weighted by molar-refractivity contribution is 6.28. The van der Waals surface area contributed by atoms with Gasteiger partial charge in [0.1, 0.15) is 6.20 Å². The molecule has 0 amide bonds. The summed E-state index contributed by atoms with van der Waals surface area (Å²) in [6, 6.07) is 0. The number of halogens is 1. The molecular weight excluding hydrogens is 234 g/mol. The van der Waals surface area contributed by atoms with Crippen LogP contribution in [0.5, 0.6) is 5.88 Å². The van der Waals surface area contributed by atoms with Gasteiger partial charge in [-0.3, -0.25) is 10.1 Å². The van der Waals surface area contributed by atoms with Crippen molar-refractivity contribution in [2.45, 2.75) is 13.3 Å². The van der Waals surface area contributed by atoms with Crippen LogP contribution in [0.2, 0.25) is 5.28 Å². The average molecular weight is 244 g/mol. The minimum absolute atomic E-state index is 0.0871. The summed E-state index contributed by atoms with van der Waals surface area (Å²) < 4.78 is 5.15. The molecule has 0 N–H and O–H groups in total. The minimum atomic E-state index is -0.619. The topological polar surface area (TPSA) is 78.2 Å². The highest BCUT2D eigenvalue weighted by Gasteiger charge is 2.18. The van der Waals surface area contributed by atoms with E-state index in [9.17, 15) is 10.1 Å². The Balaban J connectivity index is 2.80. The third-order valence-corrected chi connectivity index (χ3v) is 1.85. The van der Waals surface area contributed by atoms with Gasteiger partial charge in [-0.2, -0.15) is 4.98 Å². The second-order valence-electron chi connectivity index (χ2n) is 3.14. The van der Waals surface area contributed by atoms with Crippen molar-refractivity contribution >= 4 is 17.3 Å². The van der Waals surface area contributed by atoms with E-state index in [0.717, 1.165) is 11.8 Å². The average Bonchev–Trinajstić information content (AvgIpc) is 2.16. The molecule has 0 aromatic carbocycles. The molecule has 0 bridgehead atoms. The molecule has 0 aliphatic rings. The van der Waals surface area contributed by atoms with Gasteiger partial charge in [0.25, 0.3) is 5.88 Å². The van der Waals surface area contributed by atoms with Crippen LogP contribution in [0.15, 0.2) is 18.3 Å². The molecule has 0 aliphatic carbocycles. The molecule has 0 saturated heterocycles. The Labute approximate surface area is 97.1 Å². The van der Waals surface area contributed by atoms with Gasteiger partial charge in [-0.15, -0.1) is 6.58 Å². The Morgan fingerprint density at radius 2 is 2.44 bits per heavy atom. The number of nitrogens with zero attached hydrogens (tertiary/aromatic N) is 3. The van der Waals surface area contributed by atoms with Gasteiger partial charge in [-0.1, -0.05) is 5.57 Å². The normalized spacial score (nSPS) is 9.88. The molecule has 0 fully saturated rings. The Morgan fingerprint density at radius 1 is 1.75 bits per heavy atom. The van der Waals surface area contributed by atoms with Crippen molar-refractivity contribution in [2.24, 2.45) is 0 Å². The monoisotopic (exact) mass is 243 g/mol. The van der Waals surface area contributed by atoms with Crippen molar-refractivity contribution in [3.05, 3.63) is 33.7 Å². The summed E-state index contributed by atoms with van der Waals surface area (Å²) in [4.78, 5) is 17.2. The van der Waals surface area contributed by atoms with Gasteiger partial charge >= 0.3 is 5.69 Å². The van der Waals surface area contributed by atoms with Crippen molar-refractivity contribution in [1.29, 1.82) is 0 Å². The maximum atomic E-state index is 10.6. The summed E-state index contributed by atoms with van der Waals surface area (Å²) in [5.41, 5.74) is 0.619. The maximum absolute atomic E-state index is 10.6. The van der Waals surface area contributed by atoms with E-state index in [1.165, 1.54) is 0 Å². The Kier molecular flexibility index (Phi) is 4.19. The highest BCUT2D eigenvalue weighted by atomic mass is 35.5. The quantitative estimate of drug-likeness (QED) is 0.343. The molecule has 0 atom stereocenters. The number of hydrogen-bond acceptors (Lipinski definition) is 5. The summed E-state index contributed by atoms with van der Waals surface area (Å²) in [5.74, 6) is -0.119. The second-order valence-corrected chi connectivity index (χ2v) is 3.48. The zero-order chi connectivity index (χ0) is 12.1. The van der Waals surface area contributed by atoms with E-state index in [1.807, 2.05) is 6.92 Å².